The van der Waals surface area contributed by atoms with Gasteiger partial charge in [-0.25, -0.2) is 18.1 Å². The number of hydrogen-bond acceptors (Lipinski definition) is 6. The summed E-state index contributed by atoms with van der Waals surface area (Å²) in [6.07, 6.45) is 4.52. The minimum Gasteiger partial charge on any atom is -0.323 e. The van der Waals surface area contributed by atoms with Crippen LogP contribution in [-0.4, -0.2) is 91.0 Å². The molecule has 3 atom stereocenters. The first-order valence-electron chi connectivity index (χ1n) is 10.1. The summed E-state index contributed by atoms with van der Waals surface area (Å²) < 4.78 is 23.4. The fourth-order valence-electron chi connectivity index (χ4n) is 5.16. The summed E-state index contributed by atoms with van der Waals surface area (Å²) in [5.41, 5.74) is -0.699. The molecule has 0 bridgehead atoms. The van der Waals surface area contributed by atoms with Gasteiger partial charge in [0.15, 0.2) is 9.84 Å². The van der Waals surface area contributed by atoms with E-state index in [1.54, 1.807) is 0 Å². The molecule has 3 saturated heterocycles. The molecule has 0 unspecified atom stereocenters. The fourth-order valence-corrected chi connectivity index (χ4v) is 6.92. The molecule has 152 valence electrons. The number of rotatable bonds is 3. The molecule has 3 aliphatic heterocycles. The number of imide groups is 1. The lowest BCUT2D eigenvalue weighted by molar-refractivity contribution is -0.136. The zero-order valence-electron chi connectivity index (χ0n) is 16.0. The number of urea groups is 1. The van der Waals surface area contributed by atoms with Gasteiger partial charge < -0.3 is 5.32 Å². The molecule has 1 spiro atoms. The van der Waals surface area contributed by atoms with Crippen LogP contribution in [0.5, 0.6) is 0 Å². The molecule has 0 aromatic heterocycles. The van der Waals surface area contributed by atoms with E-state index in [9.17, 15) is 18.0 Å². The number of piperazine rings is 1. The highest BCUT2D eigenvalue weighted by Crippen LogP contribution is 2.38. The van der Waals surface area contributed by atoms with Crippen LogP contribution in [0.2, 0.25) is 0 Å². The molecule has 4 rings (SSSR count). The predicted octanol–water partition coefficient (Wildman–Crippen LogP) is 0.249. The number of carbonyl (C=O) groups excluding carboxylic acids is 2. The molecule has 9 heteroatoms. The maximum Gasteiger partial charge on any atom is 0.326 e. The zero-order chi connectivity index (χ0) is 19.2. The van der Waals surface area contributed by atoms with Gasteiger partial charge in [0.2, 0.25) is 0 Å². The van der Waals surface area contributed by atoms with Gasteiger partial charge in [-0.1, -0.05) is 19.8 Å². The summed E-state index contributed by atoms with van der Waals surface area (Å²) in [7, 11) is -2.87. The fraction of sp³-hybridized carbons (Fsp3) is 0.889. The van der Waals surface area contributed by atoms with Gasteiger partial charge in [-0.05, 0) is 25.2 Å². The Labute approximate surface area is 161 Å². The molecule has 1 saturated carbocycles. The molecule has 8 nitrogen and oxygen atoms in total. The van der Waals surface area contributed by atoms with E-state index in [4.69, 9.17) is 0 Å². The second-order valence-corrected chi connectivity index (χ2v) is 10.9. The number of amides is 3. The van der Waals surface area contributed by atoms with Crippen molar-refractivity contribution in [3.05, 3.63) is 0 Å². The molecule has 3 heterocycles. The van der Waals surface area contributed by atoms with Crippen molar-refractivity contribution in [3.63, 3.8) is 0 Å². The van der Waals surface area contributed by atoms with Gasteiger partial charge in [-0.3, -0.25) is 14.6 Å². The van der Waals surface area contributed by atoms with Gasteiger partial charge in [-0.2, -0.15) is 0 Å². The van der Waals surface area contributed by atoms with Crippen molar-refractivity contribution in [2.24, 2.45) is 5.92 Å². The first kappa shape index (κ1) is 19.1. The van der Waals surface area contributed by atoms with Crippen LogP contribution in [0.25, 0.3) is 0 Å². The third-order valence-corrected chi connectivity index (χ3v) is 8.72. The third-order valence-electron chi connectivity index (χ3n) is 6.97. The van der Waals surface area contributed by atoms with Crippen LogP contribution in [0.15, 0.2) is 0 Å². The zero-order valence-corrected chi connectivity index (χ0v) is 16.8. The second kappa shape index (κ2) is 7.00. The summed E-state index contributed by atoms with van der Waals surface area (Å²) in [6, 6.07) is -0.140. The standard InChI is InChI=1S/C18H30N4O4S/c1-14-4-2-3-6-18(14)16(23)22(17(24)19-18)13-20-7-9-21(10-8-20)15-5-11-27(25,26)12-15/h14-15H,2-13H2,1H3,(H,19,24)/t14-,15+,18+/m1/s1. The number of sulfone groups is 1. The molecule has 0 radical (unpaired) electrons. The highest BCUT2D eigenvalue weighted by molar-refractivity contribution is 7.91. The van der Waals surface area contributed by atoms with E-state index in [2.05, 4.69) is 22.0 Å². The van der Waals surface area contributed by atoms with Crippen molar-refractivity contribution in [1.29, 1.82) is 0 Å². The Bertz CT molecular complexity index is 719. The lowest BCUT2D eigenvalue weighted by Gasteiger charge is -2.39. The van der Waals surface area contributed by atoms with E-state index in [0.717, 1.165) is 58.3 Å². The maximum atomic E-state index is 13.1. The molecule has 0 aromatic rings. The molecule has 1 N–H and O–H groups in total. The summed E-state index contributed by atoms with van der Waals surface area (Å²) in [5.74, 6) is 0.666. The molecule has 3 amide bonds. The van der Waals surface area contributed by atoms with Gasteiger partial charge >= 0.3 is 6.03 Å². The van der Waals surface area contributed by atoms with Crippen molar-refractivity contribution in [2.45, 2.75) is 50.6 Å². The molecule has 0 aromatic carbocycles. The maximum absolute atomic E-state index is 13.1. The Kier molecular flexibility index (Phi) is 4.97. The molecular formula is C18H30N4O4S. The Hall–Kier alpha value is -1.19. The van der Waals surface area contributed by atoms with Gasteiger partial charge in [0.25, 0.3) is 5.91 Å². The van der Waals surface area contributed by atoms with Crippen molar-refractivity contribution in [1.82, 2.24) is 20.0 Å². The summed E-state index contributed by atoms with van der Waals surface area (Å²) >= 11 is 0. The topological polar surface area (TPSA) is 90.0 Å². The van der Waals surface area contributed by atoms with E-state index in [1.807, 2.05) is 0 Å². The third kappa shape index (κ3) is 3.49. The van der Waals surface area contributed by atoms with Crippen molar-refractivity contribution in [3.8, 4) is 0 Å². The first-order chi connectivity index (χ1) is 12.8. The molecule has 4 aliphatic rings. The normalized spacial score (nSPS) is 37.9. The monoisotopic (exact) mass is 398 g/mol. The number of carbonyl (C=O) groups is 2. The number of nitrogens with one attached hydrogen (secondary N) is 1. The van der Waals surface area contributed by atoms with Crippen LogP contribution in [0.4, 0.5) is 4.79 Å². The van der Waals surface area contributed by atoms with E-state index in [1.165, 1.54) is 4.90 Å². The lowest BCUT2D eigenvalue weighted by Crippen LogP contribution is -2.55. The van der Waals surface area contributed by atoms with E-state index in [0.29, 0.717) is 12.4 Å². The lowest BCUT2D eigenvalue weighted by atomic mass is 9.73. The van der Waals surface area contributed by atoms with Crippen molar-refractivity contribution < 1.29 is 18.0 Å². The second-order valence-electron chi connectivity index (χ2n) is 8.63. The molecular weight excluding hydrogens is 368 g/mol. The van der Waals surface area contributed by atoms with Crippen LogP contribution in [0.1, 0.15) is 39.0 Å². The van der Waals surface area contributed by atoms with Gasteiger partial charge in [0.05, 0.1) is 18.2 Å². The van der Waals surface area contributed by atoms with Gasteiger partial charge in [0, 0.05) is 32.2 Å². The minimum atomic E-state index is -2.87. The summed E-state index contributed by atoms with van der Waals surface area (Å²) in [6.45, 7) is 5.45. The largest absolute Gasteiger partial charge is 0.326 e. The average molecular weight is 399 g/mol. The Balaban J connectivity index is 1.34. The minimum absolute atomic E-state index is 0.0657. The van der Waals surface area contributed by atoms with Crippen LogP contribution >= 0.6 is 0 Å². The molecule has 4 fully saturated rings. The van der Waals surface area contributed by atoms with Gasteiger partial charge in [0.1, 0.15) is 5.54 Å². The SMILES string of the molecule is C[C@@H]1CCCC[C@]12NC(=O)N(CN1CCN([C@H]3CCS(=O)(=O)C3)CC1)C2=O. The Morgan fingerprint density at radius 1 is 1.11 bits per heavy atom. The van der Waals surface area contributed by atoms with E-state index >= 15 is 0 Å². The molecule has 1 aliphatic carbocycles. The predicted molar refractivity (Wildman–Crippen MR) is 101 cm³/mol. The smallest absolute Gasteiger partial charge is 0.323 e. The van der Waals surface area contributed by atoms with Crippen LogP contribution in [-0.2, 0) is 14.6 Å². The van der Waals surface area contributed by atoms with Crippen molar-refractivity contribution >= 4 is 21.8 Å². The Morgan fingerprint density at radius 2 is 1.85 bits per heavy atom. The average Bonchev–Trinajstić information content (AvgIpc) is 3.11. The van der Waals surface area contributed by atoms with Gasteiger partial charge in [-0.15, -0.1) is 0 Å². The number of nitrogens with zero attached hydrogens (tertiary/aromatic N) is 3. The quantitative estimate of drug-likeness (QED) is 0.686. The first-order valence-corrected chi connectivity index (χ1v) is 11.9. The Morgan fingerprint density at radius 3 is 2.48 bits per heavy atom. The van der Waals surface area contributed by atoms with Crippen molar-refractivity contribution in [2.75, 3.05) is 44.4 Å². The summed E-state index contributed by atoms with van der Waals surface area (Å²) in [5, 5.41) is 3.00. The van der Waals surface area contributed by atoms with Crippen LogP contribution in [0.3, 0.4) is 0 Å². The van der Waals surface area contributed by atoms with Crippen LogP contribution < -0.4 is 5.32 Å². The number of hydrogen-bond donors (Lipinski definition) is 1. The van der Waals surface area contributed by atoms with Crippen LogP contribution in [0, 0.1) is 5.92 Å². The van der Waals surface area contributed by atoms with E-state index < -0.39 is 15.4 Å². The molecule has 27 heavy (non-hydrogen) atoms. The summed E-state index contributed by atoms with van der Waals surface area (Å²) in [4.78, 5) is 31.3. The highest BCUT2D eigenvalue weighted by atomic mass is 32.2. The highest BCUT2D eigenvalue weighted by Gasteiger charge is 2.55. The van der Waals surface area contributed by atoms with E-state index in [-0.39, 0.29) is 29.7 Å².